The molecule has 1 aliphatic rings. The van der Waals surface area contributed by atoms with Crippen LogP contribution in [0.3, 0.4) is 0 Å². The van der Waals surface area contributed by atoms with Crippen LogP contribution in [0.25, 0.3) is 0 Å². The molecule has 3 aromatic carbocycles. The van der Waals surface area contributed by atoms with Gasteiger partial charge in [0.2, 0.25) is 0 Å². The third kappa shape index (κ3) is 7.56. The van der Waals surface area contributed by atoms with E-state index in [1.54, 1.807) is 0 Å². The summed E-state index contributed by atoms with van der Waals surface area (Å²) in [5.74, 6) is 0. The Bertz CT molecular complexity index is 1820. The van der Waals surface area contributed by atoms with Gasteiger partial charge in [0.15, 0.2) is 0 Å². The SMILES string of the molecule is CC1=C(C)[C]([Ti+3])([Si](c2cc(C)c(N(C)C)c(C)c2N(C)C)(c2cc(C)c(N(C)C)c(C)c2N(C)C)c2cc(C)c(N(C)C)c(C)c2N(C)C)C(C)=C1C.[Cl-].[Cl-].[Cl-]. The summed E-state index contributed by atoms with van der Waals surface area (Å²) in [7, 11) is 23.4. The van der Waals surface area contributed by atoms with Crippen molar-refractivity contribution in [1.82, 2.24) is 0 Å². The molecule has 56 heavy (non-hydrogen) atoms. The monoisotopic (exact) mass is 874 g/mol. The van der Waals surface area contributed by atoms with Gasteiger partial charge in [0.25, 0.3) is 0 Å². The fraction of sp³-hybridized carbons (Fsp3) is 0.511. The average molecular weight is 876 g/mol. The number of nitrogens with zero attached hydrogens (tertiary/aromatic N) is 6. The maximum absolute atomic E-state index is 3.30. The predicted octanol–water partition coefficient (Wildman–Crippen LogP) is -1.65. The van der Waals surface area contributed by atoms with Crippen molar-refractivity contribution >= 4 is 57.8 Å². The van der Waals surface area contributed by atoms with Gasteiger partial charge in [-0.1, -0.05) is 0 Å². The van der Waals surface area contributed by atoms with Crippen molar-refractivity contribution in [3.63, 3.8) is 0 Å². The van der Waals surface area contributed by atoms with Gasteiger partial charge >= 0.3 is 339 Å². The van der Waals surface area contributed by atoms with E-state index < -0.39 is 8.07 Å². The van der Waals surface area contributed by atoms with E-state index in [9.17, 15) is 0 Å². The number of rotatable bonds is 10. The summed E-state index contributed by atoms with van der Waals surface area (Å²) >= 11 is 2.63. The standard InChI is InChI=1S/C45H69N6Si.3ClH.Ti/c1-26-23-36(42(49(17)18)33(8)39(26)46(11)12)52(45-31(6)29(4)30(5)32(45)7,37-24-27(2)40(47(13)14)34(9)43(37)50(19)20)38-25-28(3)41(48(15)16)35(10)44(38)51(21)22;;;;/h23-25H,1-22H3;3*1H;/q;;;;+3/p-3. The van der Waals surface area contributed by atoms with Crippen molar-refractivity contribution < 1.29 is 57.7 Å². The summed E-state index contributed by atoms with van der Waals surface area (Å²) in [6, 6.07) is 7.85. The maximum Gasteiger partial charge on any atom is -1.00 e. The first-order valence-electron chi connectivity index (χ1n) is 18.9. The predicted molar refractivity (Wildman–Crippen MR) is 238 cm³/mol. The van der Waals surface area contributed by atoms with E-state index in [1.165, 1.54) is 105 Å². The van der Waals surface area contributed by atoms with Gasteiger partial charge in [-0.2, -0.15) is 0 Å². The fourth-order valence-electron chi connectivity index (χ4n) is 10.6. The van der Waals surface area contributed by atoms with Crippen LogP contribution in [-0.2, 0) is 20.4 Å². The molecular weight excluding hydrogens is 807 g/mol. The van der Waals surface area contributed by atoms with Gasteiger partial charge in [0.1, 0.15) is 0 Å². The minimum absolute atomic E-state index is 0. The first-order chi connectivity index (χ1) is 24.3. The number of hydrogen-bond donors (Lipinski definition) is 0. The largest absolute Gasteiger partial charge is 1.00 e. The van der Waals surface area contributed by atoms with E-state index >= 15 is 0 Å². The molecule has 0 aromatic heterocycles. The van der Waals surface area contributed by atoms with Crippen LogP contribution in [0.1, 0.15) is 61.1 Å². The summed E-state index contributed by atoms with van der Waals surface area (Å²) in [5.41, 5.74) is 21.7. The molecule has 3 aromatic rings. The molecule has 0 heterocycles. The van der Waals surface area contributed by atoms with E-state index in [0.29, 0.717) is 0 Å². The molecule has 0 saturated heterocycles. The molecule has 0 atom stereocenters. The van der Waals surface area contributed by atoms with Crippen LogP contribution >= 0.6 is 0 Å². The molecule has 4 rings (SSSR count). The van der Waals surface area contributed by atoms with Crippen LogP contribution in [0.2, 0.25) is 3.34 Å². The van der Waals surface area contributed by atoms with Gasteiger partial charge < -0.3 is 37.2 Å². The average Bonchev–Trinajstić information content (AvgIpc) is 3.15. The van der Waals surface area contributed by atoms with Gasteiger partial charge in [-0.05, 0) is 0 Å². The Morgan fingerprint density at radius 1 is 0.375 bits per heavy atom. The number of allylic oxidation sites excluding steroid dienone is 4. The normalized spacial score (nSPS) is 13.6. The zero-order chi connectivity index (χ0) is 40.6. The van der Waals surface area contributed by atoms with Crippen LogP contribution < -0.4 is 82.2 Å². The molecule has 6 nitrogen and oxygen atoms in total. The minimum atomic E-state index is -3.30. The van der Waals surface area contributed by atoms with Crippen LogP contribution in [0.5, 0.6) is 0 Å². The van der Waals surface area contributed by atoms with E-state index in [2.05, 4.69) is 222 Å². The third-order valence-electron chi connectivity index (χ3n) is 12.4. The summed E-state index contributed by atoms with van der Waals surface area (Å²) in [6.07, 6.45) is 0. The third-order valence-corrected chi connectivity index (χ3v) is 20.7. The second-order valence-corrected chi connectivity index (χ2v) is 22.9. The second kappa shape index (κ2) is 18.3. The summed E-state index contributed by atoms with van der Waals surface area (Å²) in [5, 5.41) is 4.43. The zero-order valence-electron chi connectivity index (χ0n) is 38.5. The molecule has 0 unspecified atom stereocenters. The summed E-state index contributed by atoms with van der Waals surface area (Å²) < 4.78 is -0.309. The first-order valence-corrected chi connectivity index (χ1v) is 21.7. The molecule has 0 aliphatic heterocycles. The quantitative estimate of drug-likeness (QED) is 0.179. The molecule has 0 spiro atoms. The molecule has 0 N–H and O–H groups in total. The number of aryl methyl sites for hydroxylation is 3. The summed E-state index contributed by atoms with van der Waals surface area (Å²) in [4.78, 5) is 14.2. The van der Waals surface area contributed by atoms with Crippen molar-refractivity contribution in [2.24, 2.45) is 0 Å². The van der Waals surface area contributed by atoms with Gasteiger partial charge in [-0.3, -0.25) is 0 Å². The van der Waals surface area contributed by atoms with E-state index in [0.717, 1.165) is 0 Å². The van der Waals surface area contributed by atoms with Crippen LogP contribution in [0.4, 0.5) is 34.1 Å². The Labute approximate surface area is 373 Å². The molecule has 0 fully saturated rings. The minimum Gasteiger partial charge on any atom is -1.00 e. The van der Waals surface area contributed by atoms with E-state index in [1.807, 2.05) is 0 Å². The molecule has 11 heteroatoms. The van der Waals surface area contributed by atoms with Crippen molar-refractivity contribution in [3.8, 4) is 0 Å². The van der Waals surface area contributed by atoms with Crippen molar-refractivity contribution in [1.29, 1.82) is 0 Å². The van der Waals surface area contributed by atoms with Crippen LogP contribution in [0, 0.1) is 41.5 Å². The van der Waals surface area contributed by atoms with Gasteiger partial charge in [-0.15, -0.1) is 0 Å². The van der Waals surface area contributed by atoms with Gasteiger partial charge in [-0.25, -0.2) is 0 Å². The molecule has 0 saturated carbocycles. The molecule has 0 bridgehead atoms. The maximum atomic E-state index is 2.63. The van der Waals surface area contributed by atoms with Crippen LogP contribution in [0.15, 0.2) is 40.5 Å². The topological polar surface area (TPSA) is 19.4 Å². The van der Waals surface area contributed by atoms with Gasteiger partial charge in [0, 0.05) is 0 Å². The van der Waals surface area contributed by atoms with E-state index in [4.69, 9.17) is 0 Å². The van der Waals surface area contributed by atoms with Gasteiger partial charge in [0.05, 0.1) is 0 Å². The molecule has 1 aliphatic carbocycles. The smallest absolute Gasteiger partial charge is 1.00 e. The molecule has 0 amide bonds. The Morgan fingerprint density at radius 2 is 0.571 bits per heavy atom. The molecule has 0 radical (unpaired) electrons. The van der Waals surface area contributed by atoms with E-state index in [-0.39, 0.29) is 40.6 Å². The summed E-state index contributed by atoms with van der Waals surface area (Å²) in [6.45, 7) is 23.7. The van der Waals surface area contributed by atoms with Crippen LogP contribution in [-0.4, -0.2) is 92.6 Å². The fourth-order valence-corrected chi connectivity index (χ4v) is 20.2. The van der Waals surface area contributed by atoms with Crippen molar-refractivity contribution in [2.75, 3.05) is 114 Å². The van der Waals surface area contributed by atoms with Crippen molar-refractivity contribution in [2.45, 2.75) is 72.6 Å². The zero-order valence-corrected chi connectivity index (χ0v) is 43.4. The Kier molecular flexibility index (Phi) is 17.0. The number of hydrogen-bond acceptors (Lipinski definition) is 6. The molecule has 308 valence electrons. The Balaban J connectivity index is 0.00000523. The first kappa shape index (κ1) is 51.8. The number of halogens is 3. The second-order valence-electron chi connectivity index (χ2n) is 17.1. The molecular formula is C45H69Cl3N6SiTi. The number of anilines is 6. The Hall–Kier alpha value is -2.26. The Morgan fingerprint density at radius 3 is 0.750 bits per heavy atom. The van der Waals surface area contributed by atoms with Crippen molar-refractivity contribution in [3.05, 3.63) is 73.9 Å². The number of benzene rings is 3.